The van der Waals surface area contributed by atoms with Gasteiger partial charge in [-0.05, 0) is 71.7 Å². The molecule has 4 aromatic rings. The van der Waals surface area contributed by atoms with Crippen molar-refractivity contribution in [2.75, 3.05) is 6.54 Å². The Hall–Kier alpha value is -3.66. The number of nitrogens with zero attached hydrogens (tertiary/aromatic N) is 6. The topological polar surface area (TPSA) is 79.7 Å². The van der Waals surface area contributed by atoms with Crippen molar-refractivity contribution in [3.05, 3.63) is 60.2 Å². The van der Waals surface area contributed by atoms with Crippen LogP contribution in [0.5, 0.6) is 0 Å². The van der Waals surface area contributed by atoms with Crippen LogP contribution in [0.2, 0.25) is 0 Å². The molecule has 2 aromatic carbocycles. The lowest BCUT2D eigenvalue weighted by Crippen LogP contribution is -2.42. The number of carbonyl (C=O) groups is 1. The summed E-state index contributed by atoms with van der Waals surface area (Å²) in [4.78, 5) is 23.8. The Kier molecular flexibility index (Phi) is 8.15. The second kappa shape index (κ2) is 11.2. The van der Waals surface area contributed by atoms with E-state index in [0.29, 0.717) is 6.42 Å². The lowest BCUT2D eigenvalue weighted by Gasteiger charge is -2.32. The first kappa shape index (κ1) is 28.4. The van der Waals surface area contributed by atoms with Crippen LogP contribution in [0.4, 0.5) is 0 Å². The van der Waals surface area contributed by atoms with Gasteiger partial charge in [0.1, 0.15) is 17.1 Å². The van der Waals surface area contributed by atoms with E-state index in [1.54, 1.807) is 0 Å². The number of benzene rings is 2. The summed E-state index contributed by atoms with van der Waals surface area (Å²) in [6.45, 7) is 17.1. The van der Waals surface area contributed by atoms with Crippen molar-refractivity contribution >= 4 is 28.0 Å². The summed E-state index contributed by atoms with van der Waals surface area (Å²) in [6.07, 6.45) is 2.16. The third-order valence-electron chi connectivity index (χ3n) is 8.12. The molecule has 0 saturated carbocycles. The zero-order valence-corrected chi connectivity index (χ0v) is 24.5. The summed E-state index contributed by atoms with van der Waals surface area (Å²) < 4.78 is 4.42. The summed E-state index contributed by atoms with van der Waals surface area (Å²) >= 11 is 0. The average molecular weight is 527 g/mol. The molecule has 2 aromatic heterocycles. The van der Waals surface area contributed by atoms with Crippen LogP contribution >= 0.6 is 0 Å². The van der Waals surface area contributed by atoms with Crippen LogP contribution in [-0.2, 0) is 23.3 Å². The van der Waals surface area contributed by atoms with Gasteiger partial charge in [0.05, 0.1) is 28.1 Å². The summed E-state index contributed by atoms with van der Waals surface area (Å²) in [5.41, 5.74) is 3.71. The molecule has 1 aliphatic rings. The van der Waals surface area contributed by atoms with Gasteiger partial charge in [0, 0.05) is 37.5 Å². The average Bonchev–Trinajstić information content (AvgIpc) is 3.62. The molecule has 206 valence electrons. The van der Waals surface area contributed by atoms with Gasteiger partial charge < -0.3 is 14.0 Å². The predicted molar refractivity (Wildman–Crippen MR) is 158 cm³/mol. The summed E-state index contributed by atoms with van der Waals surface area (Å²) in [6, 6.07) is 18.8. The fourth-order valence-electron chi connectivity index (χ4n) is 5.80. The second-order valence-corrected chi connectivity index (χ2v) is 11.3. The first-order valence-electron chi connectivity index (χ1n) is 14.3. The number of amides is 1. The van der Waals surface area contributed by atoms with E-state index in [9.17, 15) is 10.1 Å². The number of carbonyl (C=O) groups excluding carboxylic acids is 1. The Bertz CT molecular complexity index is 1490. The standard InChI is InChI=1S/C17H23N3O.C15H19N3/c1-5-19-14-9-7-6-8-13(14)18-16(19)12-10-15(21)20(11-12)17(2,3)4;1-4-15(5-2,11-16)14-17-12-9-7-8-10-13(12)18(14)6-3/h6-9,12H,5,10-11H2,1-4H3;7-10H,4-6H2,1-3H3. The number of hydrogen-bond acceptors (Lipinski definition) is 4. The van der Waals surface area contributed by atoms with Crippen molar-refractivity contribution in [2.45, 2.75) is 97.7 Å². The van der Waals surface area contributed by atoms with E-state index in [0.717, 1.165) is 66.2 Å². The van der Waals surface area contributed by atoms with Gasteiger partial charge in [-0.15, -0.1) is 0 Å². The molecule has 1 aliphatic heterocycles. The molecular weight excluding hydrogens is 484 g/mol. The number of nitriles is 1. The molecule has 1 saturated heterocycles. The molecule has 7 heteroatoms. The van der Waals surface area contributed by atoms with Gasteiger partial charge in [-0.1, -0.05) is 38.1 Å². The largest absolute Gasteiger partial charge is 0.337 e. The van der Waals surface area contributed by atoms with E-state index >= 15 is 0 Å². The van der Waals surface area contributed by atoms with Crippen molar-refractivity contribution in [1.82, 2.24) is 24.0 Å². The number of hydrogen-bond donors (Lipinski definition) is 0. The molecule has 3 heterocycles. The van der Waals surface area contributed by atoms with Gasteiger partial charge in [0.25, 0.3) is 0 Å². The van der Waals surface area contributed by atoms with Crippen LogP contribution in [-0.4, -0.2) is 42.0 Å². The molecule has 1 atom stereocenters. The summed E-state index contributed by atoms with van der Waals surface area (Å²) in [5, 5.41) is 9.57. The third-order valence-corrected chi connectivity index (χ3v) is 8.12. The molecule has 1 fully saturated rings. The molecule has 0 N–H and O–H groups in total. The minimum Gasteiger partial charge on any atom is -0.337 e. The van der Waals surface area contributed by atoms with E-state index in [2.05, 4.69) is 75.8 Å². The molecule has 0 radical (unpaired) electrons. The number of rotatable bonds is 6. The minimum absolute atomic E-state index is 0.116. The van der Waals surface area contributed by atoms with Crippen molar-refractivity contribution in [3.8, 4) is 6.07 Å². The zero-order valence-electron chi connectivity index (χ0n) is 24.5. The lowest BCUT2D eigenvalue weighted by molar-refractivity contribution is -0.131. The number of aryl methyl sites for hydroxylation is 2. The Balaban J connectivity index is 0.000000183. The number of para-hydroxylation sites is 4. The van der Waals surface area contributed by atoms with Crippen LogP contribution in [0.3, 0.4) is 0 Å². The van der Waals surface area contributed by atoms with Gasteiger partial charge in [-0.2, -0.15) is 5.26 Å². The van der Waals surface area contributed by atoms with E-state index in [1.165, 1.54) is 0 Å². The zero-order chi connectivity index (χ0) is 28.4. The van der Waals surface area contributed by atoms with Gasteiger partial charge in [0.2, 0.25) is 5.91 Å². The maximum absolute atomic E-state index is 12.3. The highest BCUT2D eigenvalue weighted by Gasteiger charge is 2.39. The SMILES string of the molecule is CCn1c(C(C#N)(CC)CC)nc2ccccc21.CCn1c(C2CC(=O)N(C(C)(C)C)C2)nc2ccccc21. The monoisotopic (exact) mass is 526 g/mol. The highest BCUT2D eigenvalue weighted by atomic mass is 16.2. The number of aromatic nitrogens is 4. The van der Waals surface area contributed by atoms with Crippen molar-refractivity contribution < 1.29 is 4.79 Å². The lowest BCUT2D eigenvalue weighted by atomic mass is 9.83. The Morgan fingerprint density at radius 1 is 0.872 bits per heavy atom. The van der Waals surface area contributed by atoms with Gasteiger partial charge in [-0.25, -0.2) is 9.97 Å². The Morgan fingerprint density at radius 2 is 1.41 bits per heavy atom. The second-order valence-electron chi connectivity index (χ2n) is 11.3. The summed E-state index contributed by atoms with van der Waals surface area (Å²) in [5.74, 6) is 2.41. The molecule has 39 heavy (non-hydrogen) atoms. The molecule has 1 amide bonds. The van der Waals surface area contributed by atoms with Gasteiger partial charge >= 0.3 is 0 Å². The summed E-state index contributed by atoms with van der Waals surface area (Å²) in [7, 11) is 0. The van der Waals surface area contributed by atoms with E-state index in [4.69, 9.17) is 9.97 Å². The van der Waals surface area contributed by atoms with E-state index in [-0.39, 0.29) is 17.4 Å². The number of fused-ring (bicyclic) bond motifs is 2. The van der Waals surface area contributed by atoms with Crippen LogP contribution in [0.25, 0.3) is 22.1 Å². The van der Waals surface area contributed by atoms with Crippen LogP contribution < -0.4 is 0 Å². The third kappa shape index (κ3) is 5.17. The molecule has 5 rings (SSSR count). The van der Waals surface area contributed by atoms with Crippen molar-refractivity contribution in [3.63, 3.8) is 0 Å². The minimum atomic E-state index is -0.463. The fraction of sp³-hybridized carbons (Fsp3) is 0.500. The number of imidazole rings is 2. The normalized spacial score (nSPS) is 16.0. The smallest absolute Gasteiger partial charge is 0.223 e. The Labute approximate surface area is 232 Å². The maximum atomic E-state index is 12.3. The Morgan fingerprint density at radius 3 is 1.90 bits per heavy atom. The highest BCUT2D eigenvalue weighted by Crippen LogP contribution is 2.34. The van der Waals surface area contributed by atoms with E-state index in [1.807, 2.05) is 41.3 Å². The predicted octanol–water partition coefficient (Wildman–Crippen LogP) is 6.81. The molecular formula is C32H42N6O. The fourth-order valence-corrected chi connectivity index (χ4v) is 5.80. The molecule has 7 nitrogen and oxygen atoms in total. The quantitative estimate of drug-likeness (QED) is 0.276. The van der Waals surface area contributed by atoms with Crippen molar-refractivity contribution in [2.24, 2.45) is 0 Å². The van der Waals surface area contributed by atoms with Crippen molar-refractivity contribution in [1.29, 1.82) is 5.26 Å². The molecule has 0 aliphatic carbocycles. The van der Waals surface area contributed by atoms with Gasteiger partial charge in [-0.3, -0.25) is 4.79 Å². The molecule has 0 spiro atoms. The first-order valence-corrected chi connectivity index (χ1v) is 14.3. The van der Waals surface area contributed by atoms with Gasteiger partial charge in [0.15, 0.2) is 0 Å². The molecule has 1 unspecified atom stereocenters. The van der Waals surface area contributed by atoms with Crippen LogP contribution in [0.15, 0.2) is 48.5 Å². The van der Waals surface area contributed by atoms with Crippen LogP contribution in [0, 0.1) is 11.3 Å². The number of likely N-dealkylation sites (tertiary alicyclic amines) is 1. The maximum Gasteiger partial charge on any atom is 0.223 e. The first-order chi connectivity index (χ1) is 18.6. The van der Waals surface area contributed by atoms with Crippen LogP contribution in [0.1, 0.15) is 85.3 Å². The van der Waals surface area contributed by atoms with E-state index < -0.39 is 5.41 Å². The molecule has 0 bridgehead atoms. The highest BCUT2D eigenvalue weighted by molar-refractivity contribution is 5.81.